The van der Waals surface area contributed by atoms with Gasteiger partial charge in [0.2, 0.25) is 0 Å². The predicted molar refractivity (Wildman–Crippen MR) is 119 cm³/mol. The first-order valence-corrected chi connectivity index (χ1v) is 10.3. The number of aryl methyl sites for hydroxylation is 1. The highest BCUT2D eigenvalue weighted by molar-refractivity contribution is 5.85. The molecule has 0 bridgehead atoms. The Morgan fingerprint density at radius 2 is 1.64 bits per heavy atom. The number of alkyl halides is 6. The Kier molecular flexibility index (Phi) is 6.29. The first-order valence-electron chi connectivity index (χ1n) is 10.3. The van der Waals surface area contributed by atoms with E-state index in [1.165, 1.54) is 19.2 Å². The Hall–Kier alpha value is -4.22. The molecule has 188 valence electrons. The van der Waals surface area contributed by atoms with Crippen molar-refractivity contribution >= 4 is 5.69 Å². The van der Waals surface area contributed by atoms with Crippen molar-refractivity contribution in [1.29, 1.82) is 0 Å². The van der Waals surface area contributed by atoms with E-state index in [9.17, 15) is 31.4 Å². The van der Waals surface area contributed by atoms with E-state index < -0.39 is 29.4 Å². The lowest BCUT2D eigenvalue weighted by molar-refractivity contribution is -0.141. The lowest BCUT2D eigenvalue weighted by Gasteiger charge is -2.17. The standard InChI is InChI=1S/C24H18F6N4O2/c1-34-18(9-20(33-34)24(28,29)30)17-6-7-19(36-12-13-2-4-16(31)5-3-13)21(22(17)35)14-8-15(11-32-10-14)23(25,26)27/h2-11,35H,12,31H2,1H3. The number of pyridine rings is 1. The first kappa shape index (κ1) is 24.9. The number of aromatic nitrogens is 3. The average molecular weight is 508 g/mol. The van der Waals surface area contributed by atoms with Crippen LogP contribution in [-0.2, 0) is 26.0 Å². The van der Waals surface area contributed by atoms with Gasteiger partial charge in [-0.1, -0.05) is 12.1 Å². The van der Waals surface area contributed by atoms with E-state index in [1.54, 1.807) is 24.3 Å². The Labute approximate surface area is 200 Å². The van der Waals surface area contributed by atoms with Crippen LogP contribution in [-0.4, -0.2) is 19.9 Å². The maximum Gasteiger partial charge on any atom is 0.435 e. The predicted octanol–water partition coefficient (Wildman–Crippen LogP) is 6.05. The lowest BCUT2D eigenvalue weighted by Crippen LogP contribution is -2.06. The summed E-state index contributed by atoms with van der Waals surface area (Å²) in [7, 11) is 1.25. The third kappa shape index (κ3) is 5.07. The molecule has 2 aromatic heterocycles. The van der Waals surface area contributed by atoms with Gasteiger partial charge in [0, 0.05) is 36.3 Å². The monoisotopic (exact) mass is 508 g/mol. The average Bonchev–Trinajstić information content (AvgIpc) is 3.20. The normalized spacial score (nSPS) is 12.1. The largest absolute Gasteiger partial charge is 0.506 e. The fourth-order valence-electron chi connectivity index (χ4n) is 3.54. The molecule has 2 heterocycles. The van der Waals surface area contributed by atoms with Crippen molar-refractivity contribution in [2.75, 3.05) is 5.73 Å². The number of hydrogen-bond acceptors (Lipinski definition) is 5. The van der Waals surface area contributed by atoms with Gasteiger partial charge < -0.3 is 15.6 Å². The number of aromatic hydroxyl groups is 1. The van der Waals surface area contributed by atoms with Crippen molar-refractivity contribution in [3.63, 3.8) is 0 Å². The number of rotatable bonds is 5. The molecular weight excluding hydrogens is 490 g/mol. The molecule has 12 heteroatoms. The highest BCUT2D eigenvalue weighted by Gasteiger charge is 2.35. The van der Waals surface area contributed by atoms with Gasteiger partial charge in [0.15, 0.2) is 5.69 Å². The zero-order valence-corrected chi connectivity index (χ0v) is 18.5. The molecule has 36 heavy (non-hydrogen) atoms. The molecule has 2 aromatic carbocycles. The van der Waals surface area contributed by atoms with Gasteiger partial charge in [-0.15, -0.1) is 0 Å². The summed E-state index contributed by atoms with van der Waals surface area (Å²) >= 11 is 0. The fraction of sp³-hybridized carbons (Fsp3) is 0.167. The van der Waals surface area contributed by atoms with Crippen LogP contribution < -0.4 is 10.5 Å². The molecule has 0 unspecified atom stereocenters. The van der Waals surface area contributed by atoms with Crippen LogP contribution in [0.1, 0.15) is 16.8 Å². The number of nitrogens with two attached hydrogens (primary N) is 1. The summed E-state index contributed by atoms with van der Waals surface area (Å²) in [6, 6.07) is 10.8. The summed E-state index contributed by atoms with van der Waals surface area (Å²) in [4.78, 5) is 3.63. The van der Waals surface area contributed by atoms with Crippen LogP contribution in [0, 0.1) is 0 Å². The zero-order chi connectivity index (χ0) is 26.3. The van der Waals surface area contributed by atoms with Gasteiger partial charge in [-0.05, 0) is 42.0 Å². The number of halogens is 6. The third-order valence-corrected chi connectivity index (χ3v) is 5.31. The molecule has 4 aromatic rings. The van der Waals surface area contributed by atoms with Crippen LogP contribution in [0.5, 0.6) is 11.5 Å². The van der Waals surface area contributed by atoms with Gasteiger partial charge >= 0.3 is 12.4 Å². The van der Waals surface area contributed by atoms with E-state index >= 15 is 0 Å². The highest BCUT2D eigenvalue weighted by atomic mass is 19.4. The van der Waals surface area contributed by atoms with Crippen molar-refractivity contribution < 1.29 is 36.2 Å². The second-order valence-electron chi connectivity index (χ2n) is 7.86. The fourth-order valence-corrected chi connectivity index (χ4v) is 3.54. The molecule has 0 amide bonds. The van der Waals surface area contributed by atoms with Crippen LogP contribution in [0.3, 0.4) is 0 Å². The Bertz CT molecular complexity index is 1400. The molecular formula is C24H18F6N4O2. The molecule has 0 spiro atoms. The number of hydrogen-bond donors (Lipinski definition) is 2. The molecule has 0 aliphatic rings. The summed E-state index contributed by atoms with van der Waals surface area (Å²) in [6.07, 6.45) is -7.74. The third-order valence-electron chi connectivity index (χ3n) is 5.31. The van der Waals surface area contributed by atoms with Crippen molar-refractivity contribution in [2.24, 2.45) is 7.05 Å². The minimum absolute atomic E-state index is 0.00703. The Morgan fingerprint density at radius 1 is 0.944 bits per heavy atom. The molecule has 0 saturated heterocycles. The summed E-state index contributed by atoms with van der Waals surface area (Å²) in [5.41, 5.74) is 4.09. The van der Waals surface area contributed by atoms with Crippen molar-refractivity contribution in [1.82, 2.24) is 14.8 Å². The Balaban J connectivity index is 1.85. The molecule has 0 saturated carbocycles. The maximum atomic E-state index is 13.3. The number of phenolic OH excluding ortho intramolecular Hbond substituents is 1. The number of phenols is 1. The second-order valence-corrected chi connectivity index (χ2v) is 7.86. The van der Waals surface area contributed by atoms with Crippen LogP contribution in [0.2, 0.25) is 0 Å². The summed E-state index contributed by atoms with van der Waals surface area (Å²) in [5.74, 6) is -0.602. The summed E-state index contributed by atoms with van der Waals surface area (Å²) in [6.45, 7) is -0.0254. The van der Waals surface area contributed by atoms with Crippen LogP contribution >= 0.6 is 0 Å². The van der Waals surface area contributed by atoms with Crippen molar-refractivity contribution in [2.45, 2.75) is 19.0 Å². The minimum Gasteiger partial charge on any atom is -0.506 e. The van der Waals surface area contributed by atoms with Crippen molar-refractivity contribution in [3.8, 4) is 33.9 Å². The highest BCUT2D eigenvalue weighted by Crippen LogP contribution is 2.46. The molecule has 0 radical (unpaired) electrons. The van der Waals surface area contributed by atoms with Gasteiger partial charge in [-0.3, -0.25) is 9.67 Å². The van der Waals surface area contributed by atoms with E-state index in [2.05, 4.69) is 10.1 Å². The van der Waals surface area contributed by atoms with E-state index in [4.69, 9.17) is 10.5 Å². The Morgan fingerprint density at radius 3 is 2.25 bits per heavy atom. The number of ether oxygens (including phenoxy) is 1. The lowest BCUT2D eigenvalue weighted by atomic mass is 9.98. The van der Waals surface area contributed by atoms with E-state index in [-0.39, 0.29) is 34.7 Å². The van der Waals surface area contributed by atoms with E-state index in [0.717, 1.165) is 23.0 Å². The van der Waals surface area contributed by atoms with E-state index in [0.29, 0.717) is 17.4 Å². The SMILES string of the molecule is Cn1nc(C(F)(F)F)cc1-c1ccc(OCc2ccc(N)cc2)c(-c2cncc(C(F)(F)F)c2)c1O. The number of benzene rings is 2. The molecule has 0 aliphatic carbocycles. The molecule has 6 nitrogen and oxygen atoms in total. The van der Waals surface area contributed by atoms with E-state index in [1.807, 2.05) is 0 Å². The summed E-state index contributed by atoms with van der Waals surface area (Å²) in [5, 5.41) is 14.5. The van der Waals surface area contributed by atoms with Crippen LogP contribution in [0.25, 0.3) is 22.4 Å². The molecule has 0 atom stereocenters. The van der Waals surface area contributed by atoms with Gasteiger partial charge in [0.05, 0.1) is 16.8 Å². The topological polar surface area (TPSA) is 86.2 Å². The smallest absolute Gasteiger partial charge is 0.435 e. The van der Waals surface area contributed by atoms with Gasteiger partial charge in [-0.2, -0.15) is 31.4 Å². The van der Waals surface area contributed by atoms with Gasteiger partial charge in [0.25, 0.3) is 0 Å². The molecule has 3 N–H and O–H groups in total. The first-order chi connectivity index (χ1) is 16.8. The van der Waals surface area contributed by atoms with Gasteiger partial charge in [0.1, 0.15) is 18.1 Å². The minimum atomic E-state index is -4.73. The van der Waals surface area contributed by atoms with Crippen LogP contribution in [0.4, 0.5) is 32.0 Å². The number of anilines is 1. The second kappa shape index (κ2) is 9.10. The number of nitrogens with zero attached hydrogens (tertiary/aromatic N) is 3. The summed E-state index contributed by atoms with van der Waals surface area (Å²) < 4.78 is 86.2. The quantitative estimate of drug-likeness (QED) is 0.253. The molecule has 4 rings (SSSR count). The molecule has 0 fully saturated rings. The number of nitrogen functional groups attached to an aromatic ring is 1. The molecule has 0 aliphatic heterocycles. The maximum absolute atomic E-state index is 13.3. The van der Waals surface area contributed by atoms with Crippen LogP contribution in [0.15, 0.2) is 60.9 Å². The zero-order valence-electron chi connectivity index (χ0n) is 18.5. The van der Waals surface area contributed by atoms with Gasteiger partial charge in [-0.25, -0.2) is 0 Å². The van der Waals surface area contributed by atoms with Crippen molar-refractivity contribution in [3.05, 3.63) is 77.7 Å².